The third-order valence-corrected chi connectivity index (χ3v) is 4.80. The molecule has 0 radical (unpaired) electrons. The number of methoxy groups -OCH3 is 2. The van der Waals surface area contributed by atoms with E-state index < -0.39 is 0 Å². The van der Waals surface area contributed by atoms with E-state index in [1.165, 1.54) is 11.1 Å². The van der Waals surface area contributed by atoms with Crippen molar-refractivity contribution in [3.8, 4) is 11.5 Å². The topological polar surface area (TPSA) is 58.1 Å². The van der Waals surface area contributed by atoms with E-state index >= 15 is 0 Å². The second-order valence-corrected chi connectivity index (χ2v) is 6.62. The standard InChI is InChI=1S/C23H34N4O2/c1-6-24-23(26-20-13-14-21(28-4)22(15-20)29-5)25-16-18-11-9-10-12-19(18)17-27(7-2)8-3/h9-15H,6-8,16-17H2,1-5H3,(H2,24,25,26). The molecular weight excluding hydrogens is 364 g/mol. The Bertz CT molecular complexity index is 788. The van der Waals surface area contributed by atoms with Crippen LogP contribution in [0.25, 0.3) is 0 Å². The molecular formula is C23H34N4O2. The van der Waals surface area contributed by atoms with Gasteiger partial charge < -0.3 is 20.1 Å². The number of ether oxygens (including phenoxy) is 2. The van der Waals surface area contributed by atoms with Crippen LogP contribution >= 0.6 is 0 Å². The molecule has 0 unspecified atom stereocenters. The Kier molecular flexibility index (Phi) is 9.31. The summed E-state index contributed by atoms with van der Waals surface area (Å²) in [5, 5.41) is 6.66. The molecule has 2 N–H and O–H groups in total. The minimum Gasteiger partial charge on any atom is -0.493 e. The second kappa shape index (κ2) is 12.0. The van der Waals surface area contributed by atoms with E-state index in [-0.39, 0.29) is 0 Å². The van der Waals surface area contributed by atoms with Crippen LogP contribution in [0.3, 0.4) is 0 Å². The summed E-state index contributed by atoms with van der Waals surface area (Å²) in [6.45, 7) is 10.9. The fourth-order valence-electron chi connectivity index (χ4n) is 3.08. The van der Waals surface area contributed by atoms with E-state index in [9.17, 15) is 0 Å². The Balaban J connectivity index is 2.18. The summed E-state index contributed by atoms with van der Waals surface area (Å²) in [4.78, 5) is 7.21. The molecule has 6 heteroatoms. The highest BCUT2D eigenvalue weighted by atomic mass is 16.5. The number of nitrogens with one attached hydrogen (secondary N) is 2. The van der Waals surface area contributed by atoms with Crippen molar-refractivity contribution in [1.82, 2.24) is 10.2 Å². The number of benzene rings is 2. The van der Waals surface area contributed by atoms with Crippen LogP contribution in [0, 0.1) is 0 Å². The first-order valence-electron chi connectivity index (χ1n) is 10.2. The molecule has 2 rings (SSSR count). The Labute approximate surface area is 174 Å². The smallest absolute Gasteiger partial charge is 0.196 e. The Morgan fingerprint density at radius 2 is 1.62 bits per heavy atom. The molecule has 0 heterocycles. The third-order valence-electron chi connectivity index (χ3n) is 4.80. The van der Waals surface area contributed by atoms with Crippen molar-refractivity contribution in [2.45, 2.75) is 33.9 Å². The zero-order valence-electron chi connectivity index (χ0n) is 18.3. The molecule has 0 saturated carbocycles. The van der Waals surface area contributed by atoms with Crippen LogP contribution in [-0.2, 0) is 13.1 Å². The lowest BCUT2D eigenvalue weighted by molar-refractivity contribution is 0.295. The van der Waals surface area contributed by atoms with Crippen LogP contribution in [0.4, 0.5) is 5.69 Å². The van der Waals surface area contributed by atoms with Crippen LogP contribution in [0.1, 0.15) is 31.9 Å². The summed E-state index contributed by atoms with van der Waals surface area (Å²) in [6.07, 6.45) is 0. The maximum absolute atomic E-state index is 5.39. The van der Waals surface area contributed by atoms with Gasteiger partial charge in [0.15, 0.2) is 17.5 Å². The molecule has 0 saturated heterocycles. The molecule has 2 aromatic rings. The van der Waals surface area contributed by atoms with Crippen molar-refractivity contribution in [3.63, 3.8) is 0 Å². The average molecular weight is 399 g/mol. The van der Waals surface area contributed by atoms with E-state index in [0.717, 1.165) is 37.8 Å². The molecule has 0 spiro atoms. The monoisotopic (exact) mass is 398 g/mol. The second-order valence-electron chi connectivity index (χ2n) is 6.62. The van der Waals surface area contributed by atoms with Crippen molar-refractivity contribution in [3.05, 3.63) is 53.6 Å². The Morgan fingerprint density at radius 3 is 2.24 bits per heavy atom. The van der Waals surface area contributed by atoms with Crippen LogP contribution in [-0.4, -0.2) is 44.7 Å². The predicted molar refractivity (Wildman–Crippen MR) is 121 cm³/mol. The molecule has 0 amide bonds. The van der Waals surface area contributed by atoms with Crippen molar-refractivity contribution in [2.75, 3.05) is 39.2 Å². The van der Waals surface area contributed by atoms with Gasteiger partial charge in [-0.05, 0) is 43.3 Å². The summed E-state index contributed by atoms with van der Waals surface area (Å²) in [7, 11) is 3.26. The molecule has 0 aliphatic carbocycles. The van der Waals surface area contributed by atoms with Gasteiger partial charge in [-0.2, -0.15) is 0 Å². The van der Waals surface area contributed by atoms with Gasteiger partial charge in [-0.15, -0.1) is 0 Å². The van der Waals surface area contributed by atoms with E-state index in [1.54, 1.807) is 14.2 Å². The number of anilines is 1. The number of hydrogen-bond donors (Lipinski definition) is 2. The largest absolute Gasteiger partial charge is 0.493 e. The lowest BCUT2D eigenvalue weighted by Gasteiger charge is -2.20. The van der Waals surface area contributed by atoms with Crippen LogP contribution in [0.2, 0.25) is 0 Å². The first kappa shape index (κ1) is 22.6. The Hall–Kier alpha value is -2.73. The van der Waals surface area contributed by atoms with Gasteiger partial charge in [-0.25, -0.2) is 4.99 Å². The first-order chi connectivity index (χ1) is 14.1. The molecule has 0 aliphatic rings. The van der Waals surface area contributed by atoms with E-state index in [2.05, 4.69) is 60.6 Å². The lowest BCUT2D eigenvalue weighted by Crippen LogP contribution is -2.30. The van der Waals surface area contributed by atoms with Crippen LogP contribution < -0.4 is 20.1 Å². The normalized spacial score (nSPS) is 11.4. The van der Waals surface area contributed by atoms with Crippen molar-refractivity contribution >= 4 is 11.6 Å². The van der Waals surface area contributed by atoms with Gasteiger partial charge in [-0.1, -0.05) is 38.1 Å². The minimum absolute atomic E-state index is 0.611. The molecule has 0 atom stereocenters. The molecule has 2 aromatic carbocycles. The summed E-state index contributed by atoms with van der Waals surface area (Å²) in [5.41, 5.74) is 3.45. The number of aliphatic imine (C=N–C) groups is 1. The number of hydrogen-bond acceptors (Lipinski definition) is 4. The van der Waals surface area contributed by atoms with Gasteiger partial charge in [0.1, 0.15) is 0 Å². The molecule has 0 aliphatic heterocycles. The summed E-state index contributed by atoms with van der Waals surface area (Å²) in [5.74, 6) is 2.11. The van der Waals surface area contributed by atoms with Crippen LogP contribution in [0.15, 0.2) is 47.5 Å². The van der Waals surface area contributed by atoms with Gasteiger partial charge >= 0.3 is 0 Å². The first-order valence-corrected chi connectivity index (χ1v) is 10.2. The minimum atomic E-state index is 0.611. The van der Waals surface area contributed by atoms with Crippen molar-refractivity contribution < 1.29 is 9.47 Å². The van der Waals surface area contributed by atoms with E-state index in [0.29, 0.717) is 18.0 Å². The highest BCUT2D eigenvalue weighted by molar-refractivity contribution is 5.93. The molecule has 0 aromatic heterocycles. The van der Waals surface area contributed by atoms with Gasteiger partial charge in [-0.3, -0.25) is 4.90 Å². The highest BCUT2D eigenvalue weighted by Crippen LogP contribution is 2.29. The van der Waals surface area contributed by atoms with E-state index in [4.69, 9.17) is 14.5 Å². The van der Waals surface area contributed by atoms with E-state index in [1.807, 2.05) is 18.2 Å². The highest BCUT2D eigenvalue weighted by Gasteiger charge is 2.08. The maximum atomic E-state index is 5.39. The summed E-state index contributed by atoms with van der Waals surface area (Å²) >= 11 is 0. The fourth-order valence-corrected chi connectivity index (χ4v) is 3.08. The lowest BCUT2D eigenvalue weighted by atomic mass is 10.1. The zero-order chi connectivity index (χ0) is 21.1. The SMILES string of the molecule is CCNC(=NCc1ccccc1CN(CC)CC)Nc1ccc(OC)c(OC)c1. The van der Waals surface area contributed by atoms with Crippen molar-refractivity contribution in [2.24, 2.45) is 4.99 Å². The van der Waals surface area contributed by atoms with Gasteiger partial charge in [0.05, 0.1) is 20.8 Å². The summed E-state index contributed by atoms with van der Waals surface area (Å²) < 4.78 is 10.7. The van der Waals surface area contributed by atoms with Gasteiger partial charge in [0, 0.05) is 24.8 Å². The molecule has 0 fully saturated rings. The van der Waals surface area contributed by atoms with Crippen molar-refractivity contribution in [1.29, 1.82) is 0 Å². The number of rotatable bonds is 10. The number of nitrogens with zero attached hydrogens (tertiary/aromatic N) is 2. The Morgan fingerprint density at radius 1 is 0.931 bits per heavy atom. The van der Waals surface area contributed by atoms with Gasteiger partial charge in [0.25, 0.3) is 0 Å². The molecule has 0 bridgehead atoms. The predicted octanol–water partition coefficient (Wildman–Crippen LogP) is 4.12. The zero-order valence-corrected chi connectivity index (χ0v) is 18.3. The number of guanidine groups is 1. The van der Waals surface area contributed by atoms with Crippen LogP contribution in [0.5, 0.6) is 11.5 Å². The van der Waals surface area contributed by atoms with Gasteiger partial charge in [0.2, 0.25) is 0 Å². The average Bonchev–Trinajstić information content (AvgIpc) is 2.76. The molecule has 158 valence electrons. The quantitative estimate of drug-likeness (QED) is 0.466. The maximum Gasteiger partial charge on any atom is 0.196 e. The molecule has 6 nitrogen and oxygen atoms in total. The summed E-state index contributed by atoms with van der Waals surface area (Å²) in [6, 6.07) is 14.2. The molecule has 29 heavy (non-hydrogen) atoms. The third kappa shape index (κ3) is 6.68. The fraction of sp³-hybridized carbons (Fsp3) is 0.435.